The lowest BCUT2D eigenvalue weighted by molar-refractivity contribution is -0.193. The summed E-state index contributed by atoms with van der Waals surface area (Å²) < 4.78 is 32.4. The number of carbonyl (C=O) groups excluding carboxylic acids is 17. The lowest BCUT2D eigenvalue weighted by Crippen LogP contribution is -2.51. The van der Waals surface area contributed by atoms with Gasteiger partial charge in [-0.2, -0.15) is 38.4 Å². The molecule has 3 amide bonds. The van der Waals surface area contributed by atoms with Crippen molar-refractivity contribution in [3.8, 4) is 0 Å². The third-order valence-corrected chi connectivity index (χ3v) is 15.9. The Kier molecular flexibility index (Phi) is 90.0. The summed E-state index contributed by atoms with van der Waals surface area (Å²) in [6.07, 6.45) is 4.75. The van der Waals surface area contributed by atoms with E-state index in [2.05, 4.69) is 82.2 Å². The first-order chi connectivity index (χ1) is 62.8. The van der Waals surface area contributed by atoms with E-state index in [1.165, 1.54) is 28.4 Å². The number of benzene rings is 6. The number of ether oxygens (including phenoxy) is 7. The van der Waals surface area contributed by atoms with Gasteiger partial charge in [-0.25, -0.2) is 14.4 Å². The number of methoxy groups -OCH3 is 4. The summed E-state index contributed by atoms with van der Waals surface area (Å²) in [5, 5.41) is 45.5. The molecule has 44 nitrogen and oxygen atoms in total. The van der Waals surface area contributed by atoms with Gasteiger partial charge in [0.25, 0.3) is 12.9 Å². The fourth-order valence-corrected chi connectivity index (χ4v) is 8.88. The van der Waals surface area contributed by atoms with E-state index in [9.17, 15) is 62.3 Å². The van der Waals surface area contributed by atoms with Gasteiger partial charge in [0.15, 0.2) is 6.23 Å². The Morgan fingerprint density at radius 1 is 0.326 bits per heavy atom. The van der Waals surface area contributed by atoms with Crippen LogP contribution in [0.25, 0.3) is 0 Å². The third-order valence-electron chi connectivity index (χ3n) is 15.9. The van der Waals surface area contributed by atoms with Crippen LogP contribution in [0.15, 0.2) is 182 Å². The van der Waals surface area contributed by atoms with Gasteiger partial charge < -0.3 is 115 Å². The van der Waals surface area contributed by atoms with Crippen LogP contribution in [0.5, 0.6) is 0 Å². The molecule has 12 unspecified atom stereocenters. The Morgan fingerprint density at radius 2 is 0.568 bits per heavy atom. The zero-order valence-electron chi connectivity index (χ0n) is 73.7. The molecule has 132 heavy (non-hydrogen) atoms. The summed E-state index contributed by atoms with van der Waals surface area (Å²) in [4.78, 5) is 207. The van der Waals surface area contributed by atoms with Crippen molar-refractivity contribution in [2.45, 2.75) is 165 Å². The van der Waals surface area contributed by atoms with Gasteiger partial charge in [0.1, 0.15) is 61.0 Å². The van der Waals surface area contributed by atoms with E-state index in [1.807, 2.05) is 196 Å². The molecule has 46 heteroatoms. The van der Waals surface area contributed by atoms with Gasteiger partial charge in [0.05, 0.1) is 53.9 Å². The average Bonchev–Trinajstić information content (AvgIpc) is 0.862. The lowest BCUT2D eigenvalue weighted by Gasteiger charge is -2.19. The van der Waals surface area contributed by atoms with Crippen LogP contribution in [0.4, 0.5) is 0 Å². The molecule has 24 N–H and O–H groups in total. The molecule has 0 fully saturated rings. The maximum absolute atomic E-state index is 11.8. The second-order valence-electron chi connectivity index (χ2n) is 25.5. The number of carbonyl (C=O) groups is 13. The summed E-state index contributed by atoms with van der Waals surface area (Å²) in [7, 11) is 5.16. The van der Waals surface area contributed by atoms with E-state index < -0.39 is 126 Å². The maximum atomic E-state index is 11.8. The third kappa shape index (κ3) is 74.9. The molecule has 6 aromatic carbocycles. The average molecular weight is 2090 g/mol. The van der Waals surface area contributed by atoms with E-state index >= 15 is 0 Å². The van der Waals surface area contributed by atoms with Crippen LogP contribution in [0.3, 0.4) is 0 Å². The van der Waals surface area contributed by atoms with E-state index in [4.69, 9.17) is 114 Å². The predicted molar refractivity (Wildman–Crippen MR) is 485 cm³/mol. The van der Waals surface area contributed by atoms with E-state index in [-0.39, 0.29) is 82.2 Å². The van der Waals surface area contributed by atoms with Crippen LogP contribution in [-0.2, 0) is 172 Å². The van der Waals surface area contributed by atoms with Crippen molar-refractivity contribution in [3.05, 3.63) is 215 Å². The van der Waals surface area contributed by atoms with Gasteiger partial charge in [-0.05, 0) is 71.9 Å². The normalized spacial score (nSPS) is 12.0. The van der Waals surface area contributed by atoms with Crippen molar-refractivity contribution < 1.29 is 154 Å². The molecule has 6 rings (SSSR count). The monoisotopic (exact) mass is 2080 g/mol. The highest BCUT2D eigenvalue weighted by molar-refractivity contribution is 15.0. The molecule has 0 bridgehead atoms. The van der Waals surface area contributed by atoms with Crippen LogP contribution < -0.4 is 67.1 Å². The molecule has 0 aromatic heterocycles. The Balaban J connectivity index is -0.000000269. The number of carboxylic acid groups (broad SMARTS) is 4. The first kappa shape index (κ1) is 132. The summed E-state index contributed by atoms with van der Waals surface area (Å²) in [5.74, 6) is -7.29. The number of amides is 3. The van der Waals surface area contributed by atoms with Crippen molar-refractivity contribution >= 4 is 140 Å². The minimum atomic E-state index is -1.06. The molecule has 0 saturated carbocycles. The second-order valence-corrected chi connectivity index (χ2v) is 25.5. The van der Waals surface area contributed by atoms with E-state index in [0.717, 1.165) is 33.4 Å². The van der Waals surface area contributed by atoms with Crippen molar-refractivity contribution in [1.29, 1.82) is 0 Å². The molecule has 728 valence electrons. The van der Waals surface area contributed by atoms with Crippen LogP contribution in [0, 0.1) is 0 Å². The Bertz CT molecular complexity index is 4040. The zero-order valence-corrected chi connectivity index (χ0v) is 78.0. The van der Waals surface area contributed by atoms with Gasteiger partial charge in [-0.3, -0.25) is 53.3 Å². The van der Waals surface area contributed by atoms with Crippen LogP contribution in [0.2, 0.25) is 0 Å². The van der Waals surface area contributed by atoms with Crippen molar-refractivity contribution in [1.82, 2.24) is 21.3 Å². The SMILES string of the molecule is CCC(N)C(=O)NC(Cc1ccccc1)C(=O)O.CCC(N)C(=O)NC(Cc1ccccc1)C(=O)O.CCC(N)C(=O)OC.CCC(N)C(=O)OC.COC(=O)C(Cc1ccccc1)NC(=O)C(N)COC=O.COC(=O)C(N)COCNC(Cc1ccccc1)OC=O.II.NC(Cc1ccccc1)C(=O)O.NC(Cc1ccccc1)C(=O)O.O=C=O.O=C=O.O=C=O.O=C=O. The van der Waals surface area contributed by atoms with Crippen molar-refractivity contribution in [2.75, 3.05) is 48.4 Å². The quantitative estimate of drug-likeness (QED) is 0.00631. The number of hydrogen-bond donors (Lipinski definition) is 16. The molecule has 0 aliphatic rings. The highest BCUT2D eigenvalue weighted by atomic mass is 128. The molecule has 6 aromatic rings. The fraction of sp³-hybridized carbons (Fsp3) is 0.384. The van der Waals surface area contributed by atoms with Gasteiger partial charge >= 0.3 is 72.4 Å². The number of aliphatic carboxylic acids is 4. The number of nitrogens with one attached hydrogen (secondary N) is 4. The maximum Gasteiger partial charge on any atom is 0.373 e. The molecule has 0 heterocycles. The number of halogens is 2. The van der Waals surface area contributed by atoms with Gasteiger partial charge in [-0.1, -0.05) is 210 Å². The number of rotatable bonds is 40. The molecule has 0 saturated heterocycles. The number of esters is 4. The van der Waals surface area contributed by atoms with E-state index in [0.29, 0.717) is 51.4 Å². The summed E-state index contributed by atoms with van der Waals surface area (Å²) >= 11 is 4.24. The minimum Gasteiger partial charge on any atom is -0.480 e. The minimum absolute atomic E-state index is 0.0127. The molecule has 0 spiro atoms. The number of nitrogens with two attached hydrogens (primary N) is 8. The standard InChI is InChI=1S/C14H20N2O5.C14H18N2O5.2C13H18N2O3.2C9H11NO2.2C5H11NO2.4CO2.I2/c1-19-14(18)12(15)8-20-9-16-13(21-10-17)7-11-5-3-2-4-6-11;1-20-14(19)12(7-10-5-3-2-4-6-10)16-13(18)11(15)8-21-9-17;2*1-2-10(14)12(16)15-11(13(17)18)8-9-6-4-3-5-7-9;2*10-8(9(11)12)6-7-4-2-1-3-5-7;2*1-3-4(6)5(7)8-2;4*2-1-3;1-2/h2-6,10,12-13,16H,7-9,15H2,1H3;2-6,9,11-12H,7-8,15H2,1H3,(H,16,18);2*3-7,10-11H,2,8,14H2,1H3,(H,15,16)(H,17,18);2*1-5,8H,6,10H2,(H,11,12);2*4H,3,6H2,1-2H3;;;;;. The fourth-order valence-electron chi connectivity index (χ4n) is 8.88. The first-order valence-corrected chi connectivity index (χ1v) is 45.1. The van der Waals surface area contributed by atoms with Crippen molar-refractivity contribution in [2.24, 2.45) is 45.9 Å². The van der Waals surface area contributed by atoms with Gasteiger partial charge in [-0.15, -0.1) is 0 Å². The lowest BCUT2D eigenvalue weighted by atomic mass is 10.1. The number of hydrogen-bond acceptors (Lipinski definition) is 37. The highest BCUT2D eigenvalue weighted by Gasteiger charge is 2.27. The highest BCUT2D eigenvalue weighted by Crippen LogP contribution is 2.10. The van der Waals surface area contributed by atoms with Crippen LogP contribution in [-0.4, -0.2) is 245 Å². The second kappa shape index (κ2) is 90.0. The summed E-state index contributed by atoms with van der Waals surface area (Å²) in [5.41, 5.74) is 48.9. The Morgan fingerprint density at radius 3 is 0.803 bits per heavy atom. The zero-order chi connectivity index (χ0) is 102. The van der Waals surface area contributed by atoms with Gasteiger partial charge in [0, 0.05) is 62.9 Å². The van der Waals surface area contributed by atoms with Crippen LogP contribution >= 0.6 is 37.2 Å². The molecule has 0 aliphatic carbocycles. The molecule has 12 atom stereocenters. The van der Waals surface area contributed by atoms with E-state index in [1.54, 1.807) is 13.8 Å². The Labute approximate surface area is 785 Å². The van der Waals surface area contributed by atoms with Crippen LogP contribution in [0.1, 0.15) is 86.8 Å². The molecular formula is C86H118I2N12O32. The van der Waals surface area contributed by atoms with Crippen molar-refractivity contribution in [3.63, 3.8) is 0 Å². The Hall–Kier alpha value is -13.0. The summed E-state index contributed by atoms with van der Waals surface area (Å²) in [6, 6.07) is 47.3. The van der Waals surface area contributed by atoms with Gasteiger partial charge in [0.2, 0.25) is 17.7 Å². The molecule has 0 radical (unpaired) electrons. The first-order valence-electron chi connectivity index (χ1n) is 38.8. The predicted octanol–water partition coefficient (Wildman–Crippen LogP) is 0.764. The largest absolute Gasteiger partial charge is 0.480 e. The molecule has 0 aliphatic heterocycles. The smallest absolute Gasteiger partial charge is 0.373 e. The summed E-state index contributed by atoms with van der Waals surface area (Å²) in [6.45, 7) is 7.65. The topological polar surface area (TPSA) is 760 Å². The molecular weight excluding hydrogens is 1970 g/mol. The number of carboxylic acids is 4.